The minimum Gasteiger partial charge on any atom is -0.444 e. The number of hydrogen-bond donors (Lipinski definition) is 2. The Balaban J connectivity index is 1.82. The van der Waals surface area contributed by atoms with Crippen LogP contribution in [-0.2, 0) is 11.3 Å². The molecule has 0 aliphatic rings. The van der Waals surface area contributed by atoms with Crippen molar-refractivity contribution in [1.82, 2.24) is 9.88 Å². The molecule has 0 bridgehead atoms. The van der Waals surface area contributed by atoms with Gasteiger partial charge in [-0.1, -0.05) is 18.2 Å². The van der Waals surface area contributed by atoms with Gasteiger partial charge in [0.05, 0.1) is 17.0 Å². The highest BCUT2D eigenvalue weighted by atomic mass is 16.6. The molecule has 0 fully saturated rings. The summed E-state index contributed by atoms with van der Waals surface area (Å²) in [6.45, 7) is 5.60. The molecule has 2 N–H and O–H groups in total. The number of carbonyl (C=O) groups is 2. The van der Waals surface area contributed by atoms with Crippen molar-refractivity contribution >= 4 is 34.3 Å². The van der Waals surface area contributed by atoms with E-state index in [9.17, 15) is 19.7 Å². The molecule has 0 spiro atoms. The quantitative estimate of drug-likeness (QED) is 0.455. The Labute approximate surface area is 179 Å². The summed E-state index contributed by atoms with van der Waals surface area (Å²) in [6.07, 6.45) is 1.04. The van der Waals surface area contributed by atoms with Crippen molar-refractivity contribution in [3.05, 3.63) is 69.9 Å². The van der Waals surface area contributed by atoms with E-state index in [1.165, 1.54) is 23.2 Å². The molecule has 162 valence electrons. The number of para-hydroxylation sites is 1. The van der Waals surface area contributed by atoms with E-state index in [0.717, 1.165) is 5.56 Å². The Morgan fingerprint density at radius 3 is 2.58 bits per heavy atom. The van der Waals surface area contributed by atoms with Gasteiger partial charge in [-0.2, -0.15) is 0 Å². The Morgan fingerprint density at radius 1 is 1.19 bits per heavy atom. The van der Waals surface area contributed by atoms with Crippen LogP contribution in [0.2, 0.25) is 0 Å². The molecule has 9 heteroatoms. The molecule has 0 aliphatic heterocycles. The highest BCUT2D eigenvalue weighted by molar-refractivity contribution is 6.13. The number of aromatic nitrogens is 1. The number of nitrogens with zero attached hydrogens (tertiary/aromatic N) is 2. The Hall–Kier alpha value is -3.88. The molecule has 0 saturated heterocycles. The first-order valence-electron chi connectivity index (χ1n) is 9.64. The zero-order valence-electron chi connectivity index (χ0n) is 17.8. The summed E-state index contributed by atoms with van der Waals surface area (Å²) in [4.78, 5) is 40.1. The second-order valence-electron chi connectivity index (χ2n) is 8.14. The number of rotatable bonds is 5. The van der Waals surface area contributed by atoms with Crippen LogP contribution in [0.5, 0.6) is 0 Å². The maximum absolute atomic E-state index is 12.9. The third kappa shape index (κ3) is 5.19. The molecule has 2 amide bonds. The molecule has 0 aliphatic carbocycles. The van der Waals surface area contributed by atoms with Crippen molar-refractivity contribution in [3.8, 4) is 0 Å². The SMILES string of the molecule is CN(Cc1ccccc1NC(=O)c1c[nH]c2ccc([N+](=O)[O-])cc12)C(=O)OC(C)(C)C. The van der Waals surface area contributed by atoms with Crippen LogP contribution in [0.3, 0.4) is 0 Å². The number of nitro groups is 1. The van der Waals surface area contributed by atoms with E-state index in [1.54, 1.807) is 52.1 Å². The summed E-state index contributed by atoms with van der Waals surface area (Å²) in [6, 6.07) is 11.4. The lowest BCUT2D eigenvalue weighted by Gasteiger charge is -2.25. The summed E-state index contributed by atoms with van der Waals surface area (Å²) in [5, 5.41) is 14.4. The van der Waals surface area contributed by atoms with Crippen LogP contribution >= 0.6 is 0 Å². The molecule has 0 unspecified atom stereocenters. The summed E-state index contributed by atoms with van der Waals surface area (Å²) >= 11 is 0. The first-order valence-corrected chi connectivity index (χ1v) is 9.64. The topological polar surface area (TPSA) is 118 Å². The Morgan fingerprint density at radius 2 is 1.90 bits per heavy atom. The van der Waals surface area contributed by atoms with Gasteiger partial charge in [-0.05, 0) is 38.5 Å². The predicted molar refractivity (Wildman–Crippen MR) is 117 cm³/mol. The number of ether oxygens (including phenoxy) is 1. The fourth-order valence-electron chi connectivity index (χ4n) is 3.04. The number of carbonyl (C=O) groups excluding carboxylic acids is 2. The monoisotopic (exact) mass is 424 g/mol. The maximum Gasteiger partial charge on any atom is 0.410 e. The summed E-state index contributed by atoms with van der Waals surface area (Å²) in [7, 11) is 1.62. The van der Waals surface area contributed by atoms with E-state index in [1.807, 2.05) is 6.07 Å². The molecule has 3 aromatic rings. The highest BCUT2D eigenvalue weighted by Gasteiger charge is 2.21. The molecule has 31 heavy (non-hydrogen) atoms. The van der Waals surface area contributed by atoms with Gasteiger partial charge in [0.15, 0.2) is 0 Å². The van der Waals surface area contributed by atoms with Gasteiger partial charge in [-0.3, -0.25) is 14.9 Å². The average molecular weight is 424 g/mol. The number of nitrogens with one attached hydrogen (secondary N) is 2. The van der Waals surface area contributed by atoms with Crippen molar-refractivity contribution < 1.29 is 19.2 Å². The second-order valence-corrected chi connectivity index (χ2v) is 8.14. The second kappa shape index (κ2) is 8.47. The van der Waals surface area contributed by atoms with Crippen LogP contribution in [0.4, 0.5) is 16.2 Å². The smallest absolute Gasteiger partial charge is 0.410 e. The number of H-pyrrole nitrogens is 1. The predicted octanol–water partition coefficient (Wildman–Crippen LogP) is 4.70. The van der Waals surface area contributed by atoms with Gasteiger partial charge in [-0.25, -0.2) is 4.79 Å². The lowest BCUT2D eigenvalue weighted by molar-refractivity contribution is -0.384. The normalized spacial score (nSPS) is 11.2. The number of aromatic amines is 1. The fourth-order valence-corrected chi connectivity index (χ4v) is 3.04. The molecule has 9 nitrogen and oxygen atoms in total. The zero-order valence-corrected chi connectivity index (χ0v) is 17.8. The highest BCUT2D eigenvalue weighted by Crippen LogP contribution is 2.25. The van der Waals surface area contributed by atoms with E-state index < -0.39 is 22.5 Å². The molecule has 2 aromatic carbocycles. The van der Waals surface area contributed by atoms with Crippen molar-refractivity contribution in [3.63, 3.8) is 0 Å². The fraction of sp³-hybridized carbons (Fsp3) is 0.273. The summed E-state index contributed by atoms with van der Waals surface area (Å²) < 4.78 is 5.37. The van der Waals surface area contributed by atoms with E-state index >= 15 is 0 Å². The van der Waals surface area contributed by atoms with Gasteiger partial charge in [0.1, 0.15) is 5.60 Å². The van der Waals surface area contributed by atoms with Gasteiger partial charge in [0.25, 0.3) is 11.6 Å². The molecule has 0 atom stereocenters. The van der Waals surface area contributed by atoms with Gasteiger partial charge in [-0.15, -0.1) is 0 Å². The number of fused-ring (bicyclic) bond motifs is 1. The third-order valence-corrected chi connectivity index (χ3v) is 4.50. The lowest BCUT2D eigenvalue weighted by Crippen LogP contribution is -2.34. The summed E-state index contributed by atoms with van der Waals surface area (Å²) in [5.41, 5.74) is 1.44. The van der Waals surface area contributed by atoms with E-state index in [-0.39, 0.29) is 17.8 Å². The van der Waals surface area contributed by atoms with Crippen molar-refractivity contribution in [2.45, 2.75) is 32.9 Å². The van der Waals surface area contributed by atoms with E-state index in [4.69, 9.17) is 4.74 Å². The Bertz CT molecular complexity index is 1150. The van der Waals surface area contributed by atoms with Crippen LogP contribution < -0.4 is 5.32 Å². The standard InChI is InChI=1S/C22H24N4O5/c1-22(2,3)31-21(28)25(4)13-14-7-5-6-8-18(14)24-20(27)17-12-23-19-10-9-15(26(29)30)11-16(17)19/h5-12,23H,13H2,1-4H3,(H,24,27). The van der Waals surface area contributed by atoms with Crippen LogP contribution in [0, 0.1) is 10.1 Å². The molecule has 3 rings (SSSR count). The molecule has 0 radical (unpaired) electrons. The van der Waals surface area contributed by atoms with Gasteiger partial charge < -0.3 is 19.9 Å². The molecule has 1 aromatic heterocycles. The molecular weight excluding hydrogens is 400 g/mol. The van der Waals surface area contributed by atoms with Crippen LogP contribution in [0.1, 0.15) is 36.7 Å². The van der Waals surface area contributed by atoms with Crippen LogP contribution in [0.15, 0.2) is 48.7 Å². The van der Waals surface area contributed by atoms with Crippen LogP contribution in [0.25, 0.3) is 10.9 Å². The molecule has 1 heterocycles. The maximum atomic E-state index is 12.9. The minimum absolute atomic E-state index is 0.0967. The first kappa shape index (κ1) is 21.8. The van der Waals surface area contributed by atoms with E-state index in [0.29, 0.717) is 16.6 Å². The summed E-state index contributed by atoms with van der Waals surface area (Å²) in [5.74, 6) is -0.417. The van der Waals surface area contributed by atoms with Gasteiger partial charge in [0.2, 0.25) is 0 Å². The molecular formula is C22H24N4O5. The number of anilines is 1. The largest absolute Gasteiger partial charge is 0.444 e. The minimum atomic E-state index is -0.614. The van der Waals surface area contributed by atoms with Crippen molar-refractivity contribution in [2.24, 2.45) is 0 Å². The third-order valence-electron chi connectivity index (χ3n) is 4.50. The number of non-ortho nitro benzene ring substituents is 1. The van der Waals surface area contributed by atoms with E-state index in [2.05, 4.69) is 10.3 Å². The first-order chi connectivity index (χ1) is 14.5. The van der Waals surface area contributed by atoms with Crippen molar-refractivity contribution in [1.29, 1.82) is 0 Å². The molecule has 0 saturated carbocycles. The number of amides is 2. The lowest BCUT2D eigenvalue weighted by atomic mass is 10.1. The Kier molecular flexibility index (Phi) is 5.96. The number of nitro benzene ring substituents is 1. The van der Waals surface area contributed by atoms with Gasteiger partial charge in [0, 0.05) is 42.0 Å². The van der Waals surface area contributed by atoms with Crippen molar-refractivity contribution in [2.75, 3.05) is 12.4 Å². The number of hydrogen-bond acceptors (Lipinski definition) is 5. The van der Waals surface area contributed by atoms with Gasteiger partial charge >= 0.3 is 6.09 Å². The zero-order chi connectivity index (χ0) is 22.8. The number of benzene rings is 2. The van der Waals surface area contributed by atoms with Crippen LogP contribution in [-0.4, -0.2) is 39.5 Å². The average Bonchev–Trinajstić information content (AvgIpc) is 3.11.